The number of allylic oxidation sites excluding steroid dienone is 5. The molecular weight excluding hydrogens is 112 g/mol. The van der Waals surface area contributed by atoms with Gasteiger partial charge in [0.1, 0.15) is 0 Å². The maximum Gasteiger partial charge on any atom is 0.0893 e. The quantitative estimate of drug-likeness (QED) is 0.375. The number of hydrogen-bond donors (Lipinski definition) is 1. The zero-order chi connectivity index (χ0) is 6.69. The molecule has 0 aromatic carbocycles. The van der Waals surface area contributed by atoms with Gasteiger partial charge in [-0.2, -0.15) is 5.10 Å². The molecule has 9 heavy (non-hydrogen) atoms. The molecule has 1 aliphatic rings. The summed E-state index contributed by atoms with van der Waals surface area (Å²) in [4.78, 5) is 0. The number of nitrogens with two attached hydrogens (primary N) is 1. The van der Waals surface area contributed by atoms with E-state index in [9.17, 15) is 0 Å². The minimum absolute atomic E-state index is 0.748. The van der Waals surface area contributed by atoms with Crippen molar-refractivity contribution in [3.8, 4) is 0 Å². The zero-order valence-corrected chi connectivity index (χ0v) is 5.04. The average Bonchev–Trinajstić information content (AvgIpc) is 1.89. The van der Waals surface area contributed by atoms with Gasteiger partial charge in [-0.1, -0.05) is 24.8 Å². The molecule has 0 saturated heterocycles. The predicted molar refractivity (Wildman–Crippen MR) is 39.0 cm³/mol. The van der Waals surface area contributed by atoms with Crippen molar-refractivity contribution in [2.24, 2.45) is 10.9 Å². The van der Waals surface area contributed by atoms with Gasteiger partial charge in [0.15, 0.2) is 0 Å². The topological polar surface area (TPSA) is 38.4 Å². The average molecular weight is 120 g/mol. The van der Waals surface area contributed by atoms with Crippen molar-refractivity contribution in [1.29, 1.82) is 0 Å². The van der Waals surface area contributed by atoms with Crippen LogP contribution < -0.4 is 5.84 Å². The fourth-order valence-corrected chi connectivity index (χ4v) is 0.637. The Labute approximate surface area is 54.1 Å². The Balaban J connectivity index is 2.91. The van der Waals surface area contributed by atoms with Crippen LogP contribution >= 0.6 is 0 Å². The maximum absolute atomic E-state index is 5.04. The molecule has 0 radical (unpaired) electrons. The van der Waals surface area contributed by atoms with Gasteiger partial charge in [0.25, 0.3) is 0 Å². The smallest absolute Gasteiger partial charge is 0.0893 e. The van der Waals surface area contributed by atoms with Gasteiger partial charge < -0.3 is 5.84 Å². The third kappa shape index (κ3) is 1.08. The molecule has 1 rings (SSSR count). The van der Waals surface area contributed by atoms with E-state index in [2.05, 4.69) is 11.7 Å². The molecule has 0 spiro atoms. The molecular formula is C7H8N2. The normalized spacial score (nSPS) is 21.3. The molecule has 0 aliphatic heterocycles. The highest BCUT2D eigenvalue weighted by atomic mass is 15.1. The van der Waals surface area contributed by atoms with Crippen LogP contribution in [0.25, 0.3) is 0 Å². The Kier molecular flexibility index (Phi) is 1.49. The van der Waals surface area contributed by atoms with Gasteiger partial charge in [0.05, 0.1) is 5.71 Å². The summed E-state index contributed by atoms with van der Waals surface area (Å²) < 4.78 is 0. The Morgan fingerprint density at radius 3 is 2.44 bits per heavy atom. The molecule has 2 nitrogen and oxygen atoms in total. The van der Waals surface area contributed by atoms with Crippen molar-refractivity contribution in [1.82, 2.24) is 0 Å². The highest BCUT2D eigenvalue weighted by Gasteiger charge is 1.97. The molecule has 0 unspecified atom stereocenters. The van der Waals surface area contributed by atoms with Crippen LogP contribution in [0.15, 0.2) is 41.6 Å². The van der Waals surface area contributed by atoms with Gasteiger partial charge in [0, 0.05) is 0 Å². The van der Waals surface area contributed by atoms with Gasteiger partial charge >= 0.3 is 0 Å². The lowest BCUT2D eigenvalue weighted by atomic mass is 10.1. The van der Waals surface area contributed by atoms with Gasteiger partial charge in [-0.05, 0) is 11.6 Å². The molecule has 2 heteroatoms. The first-order chi connectivity index (χ1) is 4.34. The number of hydrogen-bond acceptors (Lipinski definition) is 2. The van der Waals surface area contributed by atoms with Crippen LogP contribution in [0.2, 0.25) is 0 Å². The Bertz CT molecular complexity index is 209. The van der Waals surface area contributed by atoms with Gasteiger partial charge in [-0.3, -0.25) is 0 Å². The lowest BCUT2D eigenvalue weighted by Gasteiger charge is -2.00. The summed E-state index contributed by atoms with van der Waals surface area (Å²) in [5, 5.41) is 3.51. The fourth-order valence-electron chi connectivity index (χ4n) is 0.637. The minimum Gasteiger partial charge on any atom is -0.323 e. The molecule has 0 saturated carbocycles. The van der Waals surface area contributed by atoms with Crippen molar-refractivity contribution < 1.29 is 0 Å². The molecule has 46 valence electrons. The van der Waals surface area contributed by atoms with Gasteiger partial charge in [0.2, 0.25) is 0 Å². The highest BCUT2D eigenvalue weighted by Crippen LogP contribution is 2.03. The molecule has 0 atom stereocenters. The van der Waals surface area contributed by atoms with Crippen molar-refractivity contribution in [2.45, 2.75) is 0 Å². The molecule has 2 N–H and O–H groups in total. The van der Waals surface area contributed by atoms with E-state index < -0.39 is 0 Å². The SMILES string of the molecule is C=C1C=CC=C/C1=N/N. The summed E-state index contributed by atoms with van der Waals surface area (Å²) in [5.41, 5.74) is 1.61. The third-order valence-electron chi connectivity index (χ3n) is 1.13. The standard InChI is InChI=1S/C7H8N2/c1-6-4-2-3-5-7(6)9-8/h2-5H,1,8H2/b9-7-. The summed E-state index contributed by atoms with van der Waals surface area (Å²) in [6.07, 6.45) is 7.46. The van der Waals surface area contributed by atoms with Crippen LogP contribution in [0.4, 0.5) is 0 Å². The van der Waals surface area contributed by atoms with E-state index in [-0.39, 0.29) is 0 Å². The molecule has 0 heterocycles. The van der Waals surface area contributed by atoms with Crippen LogP contribution in [-0.4, -0.2) is 5.71 Å². The summed E-state index contributed by atoms with van der Waals surface area (Å²) in [6, 6.07) is 0. The second-order valence-corrected chi connectivity index (χ2v) is 1.76. The summed E-state index contributed by atoms with van der Waals surface area (Å²) in [7, 11) is 0. The molecule has 0 amide bonds. The van der Waals surface area contributed by atoms with Gasteiger partial charge in [-0.25, -0.2) is 0 Å². The Morgan fingerprint density at radius 2 is 2.00 bits per heavy atom. The fraction of sp³-hybridized carbons (Fsp3) is 0. The molecule has 0 fully saturated rings. The van der Waals surface area contributed by atoms with Crippen molar-refractivity contribution in [3.63, 3.8) is 0 Å². The number of hydrazone groups is 1. The Hall–Kier alpha value is -1.31. The molecule has 0 aromatic rings. The first-order valence-corrected chi connectivity index (χ1v) is 2.66. The van der Waals surface area contributed by atoms with E-state index in [4.69, 9.17) is 5.84 Å². The first-order valence-electron chi connectivity index (χ1n) is 2.66. The van der Waals surface area contributed by atoms with Crippen molar-refractivity contribution >= 4 is 5.71 Å². The minimum atomic E-state index is 0.748. The van der Waals surface area contributed by atoms with Crippen molar-refractivity contribution in [3.05, 3.63) is 36.5 Å². The van der Waals surface area contributed by atoms with E-state index >= 15 is 0 Å². The van der Waals surface area contributed by atoms with Gasteiger partial charge in [-0.15, -0.1) is 0 Å². The van der Waals surface area contributed by atoms with E-state index in [1.54, 1.807) is 0 Å². The number of rotatable bonds is 0. The highest BCUT2D eigenvalue weighted by molar-refractivity contribution is 6.10. The van der Waals surface area contributed by atoms with E-state index in [0.29, 0.717) is 0 Å². The molecule has 1 aliphatic carbocycles. The predicted octanol–water partition coefficient (Wildman–Crippen LogP) is 0.983. The van der Waals surface area contributed by atoms with Crippen LogP contribution in [0.3, 0.4) is 0 Å². The second kappa shape index (κ2) is 2.31. The maximum atomic E-state index is 5.04. The van der Waals surface area contributed by atoms with Crippen LogP contribution in [0.5, 0.6) is 0 Å². The zero-order valence-electron chi connectivity index (χ0n) is 5.04. The van der Waals surface area contributed by atoms with E-state index in [1.807, 2.05) is 24.3 Å². The molecule has 0 bridgehead atoms. The second-order valence-electron chi connectivity index (χ2n) is 1.76. The largest absolute Gasteiger partial charge is 0.323 e. The molecule has 0 aromatic heterocycles. The van der Waals surface area contributed by atoms with Crippen LogP contribution in [0, 0.1) is 0 Å². The monoisotopic (exact) mass is 120 g/mol. The van der Waals surface area contributed by atoms with Crippen molar-refractivity contribution in [2.75, 3.05) is 0 Å². The van der Waals surface area contributed by atoms with E-state index in [1.165, 1.54) is 0 Å². The lowest BCUT2D eigenvalue weighted by molar-refractivity contribution is 1.25. The summed E-state index contributed by atoms with van der Waals surface area (Å²) in [6.45, 7) is 3.72. The van der Waals surface area contributed by atoms with E-state index in [0.717, 1.165) is 11.3 Å². The van der Waals surface area contributed by atoms with Crippen LogP contribution in [0.1, 0.15) is 0 Å². The van der Waals surface area contributed by atoms with Crippen LogP contribution in [-0.2, 0) is 0 Å². The Morgan fingerprint density at radius 1 is 1.33 bits per heavy atom. The lowest BCUT2D eigenvalue weighted by Crippen LogP contribution is -2.01. The summed E-state index contributed by atoms with van der Waals surface area (Å²) >= 11 is 0. The first kappa shape index (κ1) is 5.82. The third-order valence-corrected chi connectivity index (χ3v) is 1.13. The summed E-state index contributed by atoms with van der Waals surface area (Å²) in [5.74, 6) is 5.04. The number of nitrogens with zero attached hydrogens (tertiary/aromatic N) is 1.